The van der Waals surface area contributed by atoms with Crippen LogP contribution in [0.5, 0.6) is 0 Å². The van der Waals surface area contributed by atoms with E-state index >= 15 is 0 Å². The number of nitrogens with zero attached hydrogens (tertiary/aromatic N) is 2. The zero-order valence-corrected chi connectivity index (χ0v) is 13.1. The summed E-state index contributed by atoms with van der Waals surface area (Å²) in [5.74, 6) is 0. The van der Waals surface area contributed by atoms with Crippen molar-refractivity contribution in [3.05, 3.63) is 33.9 Å². The zero-order valence-electron chi connectivity index (χ0n) is 13.1. The molecule has 1 aromatic rings. The Kier molecular flexibility index (Phi) is 5.17. The average molecular weight is 291 g/mol. The van der Waals surface area contributed by atoms with E-state index in [0.29, 0.717) is 6.04 Å². The number of hydrogen-bond acceptors (Lipinski definition) is 4. The molecule has 5 heteroatoms. The highest BCUT2D eigenvalue weighted by Gasteiger charge is 2.24. The Labute approximate surface area is 126 Å². The Morgan fingerprint density at radius 3 is 2.76 bits per heavy atom. The van der Waals surface area contributed by atoms with Crippen molar-refractivity contribution in [2.45, 2.75) is 52.1 Å². The van der Waals surface area contributed by atoms with Crippen LogP contribution < -0.4 is 10.2 Å². The molecule has 21 heavy (non-hydrogen) atoms. The first-order chi connectivity index (χ1) is 9.99. The summed E-state index contributed by atoms with van der Waals surface area (Å²) in [6.45, 7) is 8.03. The SMILES string of the molecule is Cc1ccc([N+](=O)[O-])c(N(CC2CCCCN2)C(C)C)c1. The summed E-state index contributed by atoms with van der Waals surface area (Å²) in [4.78, 5) is 13.2. The van der Waals surface area contributed by atoms with Crippen molar-refractivity contribution in [1.29, 1.82) is 0 Å². The zero-order chi connectivity index (χ0) is 15.4. The molecule has 1 aliphatic rings. The molecule has 116 valence electrons. The van der Waals surface area contributed by atoms with Gasteiger partial charge in [-0.05, 0) is 51.8 Å². The molecule has 1 heterocycles. The molecule has 5 nitrogen and oxygen atoms in total. The van der Waals surface area contributed by atoms with Gasteiger partial charge in [-0.15, -0.1) is 0 Å². The smallest absolute Gasteiger partial charge is 0.292 e. The van der Waals surface area contributed by atoms with Crippen LogP contribution in [-0.4, -0.2) is 30.1 Å². The van der Waals surface area contributed by atoms with Crippen LogP contribution in [0.3, 0.4) is 0 Å². The van der Waals surface area contributed by atoms with Gasteiger partial charge >= 0.3 is 0 Å². The fourth-order valence-electron chi connectivity index (χ4n) is 2.92. The number of aryl methyl sites for hydroxylation is 1. The van der Waals surface area contributed by atoms with Crippen molar-refractivity contribution in [3.8, 4) is 0 Å². The molecule has 0 spiro atoms. The monoisotopic (exact) mass is 291 g/mol. The summed E-state index contributed by atoms with van der Waals surface area (Å²) in [5.41, 5.74) is 1.99. The van der Waals surface area contributed by atoms with Crippen molar-refractivity contribution in [3.63, 3.8) is 0 Å². The predicted octanol–water partition coefficient (Wildman–Crippen LogP) is 3.26. The fraction of sp³-hybridized carbons (Fsp3) is 0.625. The van der Waals surface area contributed by atoms with E-state index in [1.807, 2.05) is 13.0 Å². The first-order valence-corrected chi connectivity index (χ1v) is 7.74. The third-order valence-corrected chi connectivity index (χ3v) is 4.09. The second kappa shape index (κ2) is 6.89. The van der Waals surface area contributed by atoms with Gasteiger partial charge < -0.3 is 10.2 Å². The Balaban J connectivity index is 2.28. The van der Waals surface area contributed by atoms with Gasteiger partial charge in [0.1, 0.15) is 5.69 Å². The van der Waals surface area contributed by atoms with E-state index < -0.39 is 0 Å². The molecule has 0 amide bonds. The normalized spacial score (nSPS) is 18.8. The Hall–Kier alpha value is -1.62. The molecule has 1 saturated heterocycles. The predicted molar refractivity (Wildman–Crippen MR) is 86.0 cm³/mol. The minimum Gasteiger partial charge on any atom is -0.362 e. The van der Waals surface area contributed by atoms with Crippen molar-refractivity contribution in [2.24, 2.45) is 0 Å². The van der Waals surface area contributed by atoms with Crippen LogP contribution in [0.2, 0.25) is 0 Å². The van der Waals surface area contributed by atoms with Crippen molar-refractivity contribution in [1.82, 2.24) is 5.32 Å². The van der Waals surface area contributed by atoms with E-state index in [1.54, 1.807) is 12.1 Å². The molecular formula is C16H25N3O2. The Morgan fingerprint density at radius 1 is 1.43 bits per heavy atom. The maximum Gasteiger partial charge on any atom is 0.292 e. The van der Waals surface area contributed by atoms with Crippen LogP contribution >= 0.6 is 0 Å². The molecule has 1 fully saturated rings. The minimum absolute atomic E-state index is 0.199. The standard InChI is InChI=1S/C16H25N3O2/c1-12(2)18(11-14-6-4-5-9-17-14)16-10-13(3)7-8-15(16)19(20)21/h7-8,10,12,14,17H,4-6,9,11H2,1-3H3. The third-order valence-electron chi connectivity index (χ3n) is 4.09. The second-order valence-electron chi connectivity index (χ2n) is 6.14. The molecule has 0 bridgehead atoms. The van der Waals surface area contributed by atoms with E-state index in [-0.39, 0.29) is 16.7 Å². The lowest BCUT2D eigenvalue weighted by atomic mass is 10.0. The lowest BCUT2D eigenvalue weighted by molar-refractivity contribution is -0.384. The molecule has 0 radical (unpaired) electrons. The summed E-state index contributed by atoms with van der Waals surface area (Å²) < 4.78 is 0. The molecule has 0 aromatic heterocycles. The third kappa shape index (κ3) is 3.94. The summed E-state index contributed by atoms with van der Waals surface area (Å²) >= 11 is 0. The molecule has 1 unspecified atom stereocenters. The fourth-order valence-corrected chi connectivity index (χ4v) is 2.92. The van der Waals surface area contributed by atoms with Gasteiger partial charge in [0.15, 0.2) is 0 Å². The van der Waals surface area contributed by atoms with Crippen LogP contribution in [0.25, 0.3) is 0 Å². The number of nitro groups is 1. The van der Waals surface area contributed by atoms with Gasteiger partial charge in [-0.3, -0.25) is 10.1 Å². The number of hydrogen-bond donors (Lipinski definition) is 1. The van der Waals surface area contributed by atoms with Gasteiger partial charge in [-0.25, -0.2) is 0 Å². The molecule has 0 saturated carbocycles. The first kappa shape index (κ1) is 15.8. The molecule has 1 atom stereocenters. The van der Waals surface area contributed by atoms with Crippen LogP contribution in [-0.2, 0) is 0 Å². The highest BCUT2D eigenvalue weighted by molar-refractivity contribution is 5.65. The maximum atomic E-state index is 11.3. The molecule has 1 aromatic carbocycles. The summed E-state index contributed by atoms with van der Waals surface area (Å²) in [6.07, 6.45) is 3.60. The summed E-state index contributed by atoms with van der Waals surface area (Å²) in [6, 6.07) is 6.00. The quantitative estimate of drug-likeness (QED) is 0.668. The van der Waals surface area contributed by atoms with E-state index in [0.717, 1.165) is 30.8 Å². The van der Waals surface area contributed by atoms with Crippen LogP contribution in [0.1, 0.15) is 38.7 Å². The Morgan fingerprint density at radius 2 is 2.19 bits per heavy atom. The number of anilines is 1. The van der Waals surface area contributed by atoms with Gasteiger partial charge in [0, 0.05) is 24.7 Å². The topological polar surface area (TPSA) is 58.4 Å². The molecule has 1 aliphatic heterocycles. The highest BCUT2D eigenvalue weighted by atomic mass is 16.6. The number of piperidine rings is 1. The largest absolute Gasteiger partial charge is 0.362 e. The van der Waals surface area contributed by atoms with Gasteiger partial charge in [-0.1, -0.05) is 12.5 Å². The molecule has 1 N–H and O–H groups in total. The van der Waals surface area contributed by atoms with E-state index in [2.05, 4.69) is 24.1 Å². The lowest BCUT2D eigenvalue weighted by Crippen LogP contribution is -2.46. The highest BCUT2D eigenvalue weighted by Crippen LogP contribution is 2.31. The van der Waals surface area contributed by atoms with E-state index in [1.165, 1.54) is 12.8 Å². The van der Waals surface area contributed by atoms with Gasteiger partial charge in [0.05, 0.1) is 4.92 Å². The van der Waals surface area contributed by atoms with Gasteiger partial charge in [-0.2, -0.15) is 0 Å². The van der Waals surface area contributed by atoms with Crippen LogP contribution in [0.4, 0.5) is 11.4 Å². The van der Waals surface area contributed by atoms with Crippen molar-refractivity contribution >= 4 is 11.4 Å². The van der Waals surface area contributed by atoms with Crippen LogP contribution in [0.15, 0.2) is 18.2 Å². The number of rotatable bonds is 5. The minimum atomic E-state index is -0.279. The molecule has 2 rings (SSSR count). The lowest BCUT2D eigenvalue weighted by Gasteiger charge is -2.34. The molecule has 0 aliphatic carbocycles. The number of nitro benzene ring substituents is 1. The van der Waals surface area contributed by atoms with Crippen molar-refractivity contribution in [2.75, 3.05) is 18.0 Å². The Bertz CT molecular complexity index is 496. The number of benzene rings is 1. The summed E-state index contributed by atoms with van der Waals surface area (Å²) in [7, 11) is 0. The van der Waals surface area contributed by atoms with Crippen molar-refractivity contribution < 1.29 is 4.92 Å². The molecular weight excluding hydrogens is 266 g/mol. The number of nitrogens with one attached hydrogen (secondary N) is 1. The van der Waals surface area contributed by atoms with Crippen LogP contribution in [0, 0.1) is 17.0 Å². The van der Waals surface area contributed by atoms with Gasteiger partial charge in [0.2, 0.25) is 0 Å². The van der Waals surface area contributed by atoms with E-state index in [4.69, 9.17) is 0 Å². The van der Waals surface area contributed by atoms with Gasteiger partial charge in [0.25, 0.3) is 5.69 Å². The second-order valence-corrected chi connectivity index (χ2v) is 6.14. The summed E-state index contributed by atoms with van der Waals surface area (Å²) in [5, 5.41) is 14.8. The average Bonchev–Trinajstić information content (AvgIpc) is 2.45. The first-order valence-electron chi connectivity index (χ1n) is 7.74. The maximum absolute atomic E-state index is 11.3. The van der Waals surface area contributed by atoms with E-state index in [9.17, 15) is 10.1 Å².